The number of hydrogen-bond acceptors (Lipinski definition) is 8. The smallest absolute Gasteiger partial charge is 0.391 e. The van der Waals surface area contributed by atoms with E-state index in [0.29, 0.717) is 28.6 Å². The van der Waals surface area contributed by atoms with Gasteiger partial charge in [0.1, 0.15) is 34.7 Å². The van der Waals surface area contributed by atoms with Gasteiger partial charge < -0.3 is 9.42 Å². The lowest BCUT2D eigenvalue weighted by atomic mass is 10.2. The van der Waals surface area contributed by atoms with Gasteiger partial charge >= 0.3 is 7.60 Å². The number of rotatable bonds is 12. The predicted molar refractivity (Wildman–Crippen MR) is 147 cm³/mol. The van der Waals surface area contributed by atoms with Crippen LogP contribution >= 0.6 is 18.9 Å². The summed E-state index contributed by atoms with van der Waals surface area (Å²) >= 11 is 0.908. The summed E-state index contributed by atoms with van der Waals surface area (Å²) < 4.78 is 86.3. The first-order chi connectivity index (χ1) is 18.9. The standard InChI is InChI=1S/C25H23FN3O7PS3/c26-23-15-22(7-6-20(23)16-27)36-37(30,31)18-28-40(34,35)25-14-21-13-19(5-8-24(21)38-25)17-39(32,33)12-4-11-29-9-2-1-3-10-29/h1-3,5-10,13-15,28H,4,11-12,17-18H2/p+1. The fourth-order valence-electron chi connectivity index (χ4n) is 3.75. The molecule has 210 valence electrons. The number of aromatic nitrogens is 1. The Morgan fingerprint density at radius 2 is 1.82 bits per heavy atom. The highest BCUT2D eigenvalue weighted by molar-refractivity contribution is 7.92. The highest BCUT2D eigenvalue weighted by atomic mass is 32.2. The summed E-state index contributed by atoms with van der Waals surface area (Å²) in [5, 5.41) is 9.28. The van der Waals surface area contributed by atoms with Crippen molar-refractivity contribution in [2.24, 2.45) is 0 Å². The van der Waals surface area contributed by atoms with E-state index >= 15 is 0 Å². The Morgan fingerprint density at radius 1 is 1.07 bits per heavy atom. The monoisotopic (exact) mass is 624 g/mol. The van der Waals surface area contributed by atoms with Gasteiger partial charge in [-0.3, -0.25) is 0 Å². The minimum absolute atomic E-state index is 0.00147. The molecule has 2 aromatic carbocycles. The summed E-state index contributed by atoms with van der Waals surface area (Å²) in [7, 11) is -12.2. The number of nitrogens with one attached hydrogen (secondary N) is 1. The van der Waals surface area contributed by atoms with Gasteiger partial charge in [-0.25, -0.2) is 30.4 Å². The van der Waals surface area contributed by atoms with Crippen LogP contribution in [0.25, 0.3) is 10.1 Å². The van der Waals surface area contributed by atoms with Crippen molar-refractivity contribution in [1.82, 2.24) is 4.72 Å². The van der Waals surface area contributed by atoms with Crippen molar-refractivity contribution >= 4 is 48.9 Å². The van der Waals surface area contributed by atoms with E-state index in [1.54, 1.807) is 24.3 Å². The predicted octanol–water partition coefficient (Wildman–Crippen LogP) is 3.70. The molecule has 2 heterocycles. The maximum atomic E-state index is 13.7. The van der Waals surface area contributed by atoms with Crippen molar-refractivity contribution in [3.8, 4) is 11.8 Å². The number of benzene rings is 2. The van der Waals surface area contributed by atoms with Gasteiger partial charge in [-0.2, -0.15) is 9.98 Å². The van der Waals surface area contributed by atoms with Crippen molar-refractivity contribution in [2.45, 2.75) is 22.9 Å². The maximum Gasteiger partial charge on any atom is 0.391 e. The van der Waals surface area contributed by atoms with Gasteiger partial charge in [0.05, 0.1) is 17.1 Å². The van der Waals surface area contributed by atoms with E-state index in [4.69, 9.17) is 9.79 Å². The number of aryl methyl sites for hydroxylation is 1. The molecular weight excluding hydrogens is 600 g/mol. The number of thiophene rings is 1. The summed E-state index contributed by atoms with van der Waals surface area (Å²) in [6.45, 7) is 0.564. The highest BCUT2D eigenvalue weighted by Gasteiger charge is 2.27. The number of pyridine rings is 1. The Morgan fingerprint density at radius 3 is 2.52 bits per heavy atom. The molecule has 0 fully saturated rings. The van der Waals surface area contributed by atoms with Crippen LogP contribution < -0.4 is 13.8 Å². The minimum atomic E-state index is -4.57. The second kappa shape index (κ2) is 12.1. The lowest BCUT2D eigenvalue weighted by Crippen LogP contribution is -2.33. The molecule has 40 heavy (non-hydrogen) atoms. The van der Waals surface area contributed by atoms with Gasteiger partial charge in [0.2, 0.25) is 0 Å². The van der Waals surface area contributed by atoms with Gasteiger partial charge in [0.25, 0.3) is 10.0 Å². The van der Waals surface area contributed by atoms with Crippen LogP contribution in [0.1, 0.15) is 17.5 Å². The highest BCUT2D eigenvalue weighted by Crippen LogP contribution is 2.42. The quantitative estimate of drug-likeness (QED) is 0.179. The third-order valence-corrected chi connectivity index (χ3v) is 11.6. The summed E-state index contributed by atoms with van der Waals surface area (Å²) in [6, 6.07) is 16.4. The molecule has 1 unspecified atom stereocenters. The molecule has 0 bridgehead atoms. The van der Waals surface area contributed by atoms with E-state index < -0.39 is 39.6 Å². The van der Waals surface area contributed by atoms with Crippen LogP contribution in [0.4, 0.5) is 4.39 Å². The molecule has 0 amide bonds. The Hall–Kier alpha value is -3.18. The lowest BCUT2D eigenvalue weighted by Gasteiger charge is -2.14. The number of nitriles is 1. The first-order valence-electron chi connectivity index (χ1n) is 11.7. The van der Waals surface area contributed by atoms with Crippen molar-refractivity contribution in [1.29, 1.82) is 5.26 Å². The molecule has 0 saturated carbocycles. The van der Waals surface area contributed by atoms with Crippen molar-refractivity contribution in [2.75, 3.05) is 12.0 Å². The van der Waals surface area contributed by atoms with E-state index in [0.717, 1.165) is 29.5 Å². The Balaban J connectivity index is 1.39. The zero-order chi connectivity index (χ0) is 29.0. The molecule has 15 heteroatoms. The molecule has 0 saturated heterocycles. The molecule has 0 aliphatic rings. The average molecular weight is 625 g/mol. The largest absolute Gasteiger partial charge is 0.424 e. The van der Waals surface area contributed by atoms with Crippen LogP contribution in [0.3, 0.4) is 0 Å². The molecule has 10 nitrogen and oxygen atoms in total. The fraction of sp³-hybridized carbons (Fsp3) is 0.200. The van der Waals surface area contributed by atoms with E-state index in [-0.39, 0.29) is 27.0 Å². The van der Waals surface area contributed by atoms with Crippen LogP contribution in [-0.2, 0) is 36.7 Å². The summed E-state index contributed by atoms with van der Waals surface area (Å²) in [4.78, 5) is 10.1. The molecule has 0 aliphatic heterocycles. The number of fused-ring (bicyclic) bond motifs is 1. The zero-order valence-corrected chi connectivity index (χ0v) is 24.1. The number of nitrogens with zero attached hydrogens (tertiary/aromatic N) is 2. The molecular formula is C25H24FN3O7PS3+. The van der Waals surface area contributed by atoms with Crippen LogP contribution in [0, 0.1) is 17.1 Å². The van der Waals surface area contributed by atoms with Crippen LogP contribution in [0.2, 0.25) is 0 Å². The third-order valence-electron chi connectivity index (χ3n) is 5.62. The number of sulfonamides is 1. The van der Waals surface area contributed by atoms with Gasteiger partial charge in [-0.05, 0) is 41.3 Å². The molecule has 4 rings (SSSR count). The Kier molecular flexibility index (Phi) is 9.04. The van der Waals surface area contributed by atoms with Gasteiger partial charge in [0.15, 0.2) is 22.2 Å². The van der Waals surface area contributed by atoms with E-state index in [2.05, 4.69) is 0 Å². The first-order valence-corrected chi connectivity index (χ1v) is 17.6. The van der Waals surface area contributed by atoms with E-state index in [1.807, 2.05) is 39.9 Å². The SMILES string of the molecule is N#Cc1ccc(OP(=O)(O)CNS(=O)(=O)c2cc3cc(CS(=O)(=O)CCC[n+]4ccccc4)ccc3s2)cc1F. The molecule has 2 N–H and O–H groups in total. The lowest BCUT2D eigenvalue weighted by molar-refractivity contribution is -0.696. The maximum absolute atomic E-state index is 13.7. The average Bonchev–Trinajstić information content (AvgIpc) is 3.32. The zero-order valence-electron chi connectivity index (χ0n) is 20.8. The van der Waals surface area contributed by atoms with Crippen LogP contribution in [0.15, 0.2) is 77.3 Å². The minimum Gasteiger partial charge on any atom is -0.424 e. The first kappa shape index (κ1) is 29.8. The second-order valence-electron chi connectivity index (χ2n) is 8.78. The molecule has 0 aliphatic carbocycles. The number of halogens is 1. The molecule has 0 spiro atoms. The molecule has 0 radical (unpaired) electrons. The number of hydrogen-bond donors (Lipinski definition) is 2. The van der Waals surface area contributed by atoms with Gasteiger partial charge in [-0.15, -0.1) is 11.3 Å². The Bertz CT molecular complexity index is 1840. The van der Waals surface area contributed by atoms with Crippen molar-refractivity contribution in [3.63, 3.8) is 0 Å². The fourth-order valence-corrected chi connectivity index (χ4v) is 9.07. The van der Waals surface area contributed by atoms with Crippen molar-refractivity contribution < 1.29 is 39.8 Å². The van der Waals surface area contributed by atoms with Crippen molar-refractivity contribution in [3.05, 3.63) is 90.0 Å². The number of sulfone groups is 1. The topological polar surface area (TPSA) is 155 Å². The van der Waals surface area contributed by atoms with E-state index in [1.165, 1.54) is 6.07 Å². The second-order valence-corrected chi connectivity index (χ2v) is 15.8. The van der Waals surface area contributed by atoms with Gasteiger partial charge in [-0.1, -0.05) is 12.1 Å². The Labute approximate surface area is 234 Å². The van der Waals surface area contributed by atoms with Gasteiger partial charge in [0, 0.05) is 29.3 Å². The van der Waals surface area contributed by atoms with E-state index in [9.17, 15) is 30.7 Å². The molecule has 1 atom stereocenters. The molecule has 4 aromatic rings. The third kappa shape index (κ3) is 7.94. The summed E-state index contributed by atoms with van der Waals surface area (Å²) in [5.74, 6) is -1.49. The molecule has 2 aromatic heterocycles. The summed E-state index contributed by atoms with van der Waals surface area (Å²) in [6.07, 6.45) is 3.18. The van der Waals surface area contributed by atoms with Crippen LogP contribution in [0.5, 0.6) is 5.75 Å². The summed E-state index contributed by atoms with van der Waals surface area (Å²) in [5.41, 5.74) is 0.228. The normalized spacial score (nSPS) is 13.5. The van der Waals surface area contributed by atoms with Crippen LogP contribution in [-0.4, -0.2) is 33.8 Å².